The maximum atomic E-state index is 13.3. The van der Waals surface area contributed by atoms with Crippen LogP contribution in [0.1, 0.15) is 36.0 Å². The fourth-order valence-electron chi connectivity index (χ4n) is 3.37. The van der Waals surface area contributed by atoms with Gasteiger partial charge in [0.15, 0.2) is 0 Å². The minimum absolute atomic E-state index is 0.0517. The van der Waals surface area contributed by atoms with Crippen molar-refractivity contribution in [3.05, 3.63) is 29.6 Å². The fraction of sp³-hybridized carbons (Fsp3) is 0.467. The number of fused-ring (bicyclic) bond motifs is 1. The Labute approximate surface area is 116 Å². The second-order valence-corrected chi connectivity index (χ2v) is 5.63. The Morgan fingerprint density at radius 3 is 2.45 bits per heavy atom. The van der Waals surface area contributed by atoms with E-state index in [-0.39, 0.29) is 11.8 Å². The van der Waals surface area contributed by atoms with Crippen molar-refractivity contribution in [2.75, 3.05) is 5.32 Å². The van der Waals surface area contributed by atoms with Crippen molar-refractivity contribution in [1.29, 1.82) is 0 Å². The highest BCUT2D eigenvalue weighted by molar-refractivity contribution is 5.96. The standard InChI is InChI=1S/C15H16FNO3/c16-12-6-5-8(7-11(12)15(19)20)17-14(18)13-9-3-1-2-4-10(9)13/h5-7,9-10,13H,1-4H2,(H,17,18)(H,19,20). The van der Waals surface area contributed by atoms with Crippen molar-refractivity contribution >= 4 is 17.6 Å². The van der Waals surface area contributed by atoms with E-state index in [0.717, 1.165) is 18.9 Å². The van der Waals surface area contributed by atoms with Crippen LogP contribution in [0.5, 0.6) is 0 Å². The highest BCUT2D eigenvalue weighted by Gasteiger charge is 2.54. The molecule has 2 fully saturated rings. The molecule has 0 aromatic heterocycles. The molecule has 2 atom stereocenters. The van der Waals surface area contributed by atoms with Crippen LogP contribution >= 0.6 is 0 Å². The molecule has 2 saturated carbocycles. The van der Waals surface area contributed by atoms with Gasteiger partial charge in [0, 0.05) is 11.6 Å². The van der Waals surface area contributed by atoms with Crippen molar-refractivity contribution in [2.24, 2.45) is 17.8 Å². The van der Waals surface area contributed by atoms with Gasteiger partial charge in [0.1, 0.15) is 5.82 Å². The van der Waals surface area contributed by atoms with Gasteiger partial charge in [0.05, 0.1) is 5.56 Å². The Bertz CT molecular complexity index is 560. The lowest BCUT2D eigenvalue weighted by atomic mass is 10.0. The molecular formula is C15H16FNO3. The van der Waals surface area contributed by atoms with Crippen LogP contribution in [0.15, 0.2) is 18.2 Å². The summed E-state index contributed by atoms with van der Waals surface area (Å²) < 4.78 is 13.3. The topological polar surface area (TPSA) is 66.4 Å². The number of rotatable bonds is 3. The number of amides is 1. The van der Waals surface area contributed by atoms with Crippen molar-refractivity contribution < 1.29 is 19.1 Å². The highest BCUT2D eigenvalue weighted by Crippen LogP contribution is 2.55. The number of carbonyl (C=O) groups is 2. The van der Waals surface area contributed by atoms with Gasteiger partial charge in [0.2, 0.25) is 5.91 Å². The number of carbonyl (C=O) groups excluding carboxylic acids is 1. The molecule has 0 aliphatic heterocycles. The van der Waals surface area contributed by atoms with Crippen LogP contribution < -0.4 is 5.32 Å². The Balaban J connectivity index is 1.70. The molecule has 0 saturated heterocycles. The smallest absolute Gasteiger partial charge is 0.338 e. The molecule has 20 heavy (non-hydrogen) atoms. The fourth-order valence-corrected chi connectivity index (χ4v) is 3.37. The first kappa shape index (κ1) is 13.1. The summed E-state index contributed by atoms with van der Waals surface area (Å²) in [5.74, 6) is -1.17. The van der Waals surface area contributed by atoms with Crippen molar-refractivity contribution in [3.63, 3.8) is 0 Å². The van der Waals surface area contributed by atoms with E-state index in [1.807, 2.05) is 0 Å². The van der Waals surface area contributed by atoms with E-state index in [1.165, 1.54) is 25.0 Å². The van der Waals surface area contributed by atoms with Gasteiger partial charge in [-0.15, -0.1) is 0 Å². The van der Waals surface area contributed by atoms with Gasteiger partial charge in [-0.3, -0.25) is 4.79 Å². The quantitative estimate of drug-likeness (QED) is 0.892. The van der Waals surface area contributed by atoms with Gasteiger partial charge in [-0.2, -0.15) is 0 Å². The maximum absolute atomic E-state index is 13.3. The summed E-state index contributed by atoms with van der Waals surface area (Å²) in [4.78, 5) is 23.0. The number of halogens is 1. The van der Waals surface area contributed by atoms with Gasteiger partial charge in [-0.1, -0.05) is 12.8 Å². The molecule has 2 N–H and O–H groups in total. The van der Waals surface area contributed by atoms with Gasteiger partial charge in [0.25, 0.3) is 0 Å². The number of carboxylic acids is 1. The van der Waals surface area contributed by atoms with E-state index < -0.39 is 17.3 Å². The second-order valence-electron chi connectivity index (χ2n) is 5.63. The summed E-state index contributed by atoms with van der Waals surface area (Å²) in [5.41, 5.74) is -0.0755. The van der Waals surface area contributed by atoms with E-state index >= 15 is 0 Å². The van der Waals surface area contributed by atoms with Crippen LogP contribution in [0, 0.1) is 23.6 Å². The predicted octanol–water partition coefficient (Wildman–Crippen LogP) is 2.90. The minimum atomic E-state index is -1.33. The first-order chi connectivity index (χ1) is 9.58. The van der Waals surface area contributed by atoms with E-state index in [4.69, 9.17) is 5.11 Å². The summed E-state index contributed by atoms with van der Waals surface area (Å²) in [7, 11) is 0. The van der Waals surface area contributed by atoms with Crippen LogP contribution in [0.2, 0.25) is 0 Å². The molecule has 2 unspecified atom stereocenters. The molecule has 5 heteroatoms. The molecule has 0 radical (unpaired) electrons. The largest absolute Gasteiger partial charge is 0.478 e. The van der Waals surface area contributed by atoms with Crippen molar-refractivity contribution in [1.82, 2.24) is 0 Å². The normalized spacial score (nSPS) is 27.6. The number of hydrogen-bond acceptors (Lipinski definition) is 2. The van der Waals surface area contributed by atoms with Gasteiger partial charge in [-0.25, -0.2) is 9.18 Å². The molecular weight excluding hydrogens is 261 g/mol. The summed E-state index contributed by atoms with van der Waals surface area (Å²) in [6.07, 6.45) is 4.58. The molecule has 106 valence electrons. The first-order valence-corrected chi connectivity index (χ1v) is 6.91. The van der Waals surface area contributed by atoms with Crippen molar-refractivity contribution in [3.8, 4) is 0 Å². The van der Waals surface area contributed by atoms with Crippen LogP contribution in [-0.2, 0) is 4.79 Å². The third kappa shape index (κ3) is 2.28. The number of aromatic carboxylic acids is 1. The molecule has 0 bridgehead atoms. The SMILES string of the molecule is O=C(O)c1cc(NC(=O)C2C3CCCCC32)ccc1F. The average molecular weight is 277 g/mol. The number of hydrogen-bond donors (Lipinski definition) is 2. The highest BCUT2D eigenvalue weighted by atomic mass is 19.1. The van der Waals surface area contributed by atoms with Crippen molar-refractivity contribution in [2.45, 2.75) is 25.7 Å². The zero-order chi connectivity index (χ0) is 14.3. The van der Waals surface area contributed by atoms with E-state index in [9.17, 15) is 14.0 Å². The van der Waals surface area contributed by atoms with Crippen LogP contribution in [0.25, 0.3) is 0 Å². The number of nitrogens with one attached hydrogen (secondary N) is 1. The van der Waals surface area contributed by atoms with Crippen LogP contribution in [-0.4, -0.2) is 17.0 Å². The van der Waals surface area contributed by atoms with Gasteiger partial charge in [-0.05, 0) is 42.9 Å². The number of benzene rings is 1. The summed E-state index contributed by atoms with van der Waals surface area (Å²) >= 11 is 0. The molecule has 1 aromatic rings. The minimum Gasteiger partial charge on any atom is -0.478 e. The van der Waals surface area contributed by atoms with Gasteiger partial charge >= 0.3 is 5.97 Å². The van der Waals surface area contributed by atoms with Gasteiger partial charge < -0.3 is 10.4 Å². The number of carboxylic acid groups (broad SMARTS) is 1. The molecule has 2 aliphatic carbocycles. The zero-order valence-electron chi connectivity index (χ0n) is 10.9. The Kier molecular flexibility index (Phi) is 3.20. The summed E-state index contributed by atoms with van der Waals surface area (Å²) in [5, 5.41) is 11.6. The Hall–Kier alpha value is -1.91. The molecule has 0 spiro atoms. The van der Waals surface area contributed by atoms with Crippen LogP contribution in [0.3, 0.4) is 0 Å². The molecule has 1 amide bonds. The lowest BCUT2D eigenvalue weighted by Crippen LogP contribution is -2.16. The molecule has 1 aromatic carbocycles. The molecule has 4 nitrogen and oxygen atoms in total. The molecule has 3 rings (SSSR count). The number of anilines is 1. The third-order valence-electron chi connectivity index (χ3n) is 4.42. The second kappa shape index (κ2) is 4.89. The maximum Gasteiger partial charge on any atom is 0.338 e. The van der Waals surface area contributed by atoms with Crippen LogP contribution in [0.4, 0.5) is 10.1 Å². The zero-order valence-corrected chi connectivity index (χ0v) is 10.9. The lowest BCUT2D eigenvalue weighted by molar-refractivity contribution is -0.117. The summed E-state index contributed by atoms with van der Waals surface area (Å²) in [6, 6.07) is 3.63. The molecule has 2 aliphatic rings. The average Bonchev–Trinajstić information content (AvgIpc) is 3.15. The lowest BCUT2D eigenvalue weighted by Gasteiger charge is -2.06. The van der Waals surface area contributed by atoms with E-state index in [0.29, 0.717) is 17.5 Å². The monoisotopic (exact) mass is 277 g/mol. The molecule has 0 heterocycles. The Morgan fingerprint density at radius 1 is 1.20 bits per heavy atom. The Morgan fingerprint density at radius 2 is 1.85 bits per heavy atom. The summed E-state index contributed by atoms with van der Waals surface area (Å²) in [6.45, 7) is 0. The van der Waals surface area contributed by atoms with E-state index in [2.05, 4.69) is 5.32 Å². The van der Waals surface area contributed by atoms with E-state index in [1.54, 1.807) is 0 Å². The predicted molar refractivity (Wildman–Crippen MR) is 70.9 cm³/mol. The third-order valence-corrected chi connectivity index (χ3v) is 4.42. The first-order valence-electron chi connectivity index (χ1n) is 6.91.